The van der Waals surface area contributed by atoms with E-state index in [1.54, 1.807) is 12.1 Å². The Morgan fingerprint density at radius 2 is 0.620 bits per heavy atom. The van der Waals surface area contributed by atoms with Gasteiger partial charge in [0.25, 0.3) is 0 Å². The average molecular weight is 655 g/mol. The molecule has 4 aromatic carbocycles. The number of aromatic nitrogens is 4. The van der Waals surface area contributed by atoms with Crippen molar-refractivity contribution in [2.75, 3.05) is 0 Å². The second-order valence-electron chi connectivity index (χ2n) is 12.1. The summed E-state index contributed by atoms with van der Waals surface area (Å²) in [6.45, 7) is 0. The number of nitrogens with one attached hydrogen (secondary N) is 2. The highest BCUT2D eigenvalue weighted by Gasteiger charge is 2.18. The van der Waals surface area contributed by atoms with Crippen LogP contribution in [0.2, 0.25) is 0 Å². The third-order valence-electron chi connectivity index (χ3n) is 9.10. The topological polar surface area (TPSA) is 77.6 Å². The Labute approximate surface area is 305 Å². The largest absolute Gasteiger partial charge is 0.508 e. The number of phenols is 1. The van der Waals surface area contributed by atoms with Gasteiger partial charge in [-0.05, 0) is 83.0 Å². The summed E-state index contributed by atoms with van der Waals surface area (Å²) in [5.74, 6) is 0.215. The molecule has 0 fully saturated rings. The summed E-state index contributed by atoms with van der Waals surface area (Å²) in [5, 5.41) is 10.2. The maximum absolute atomic E-state index is 10.2. The molecule has 0 saturated carbocycles. The van der Waals surface area contributed by atoms with Gasteiger partial charge in [-0.25, -0.2) is 9.97 Å². The first kappa shape index (κ1) is 31.3. The molecule has 0 atom stereocenters. The van der Waals surface area contributed by atoms with E-state index >= 15 is 0 Å². The molecule has 7 aromatic rings. The van der Waals surface area contributed by atoms with Crippen molar-refractivity contribution in [3.8, 4) is 50.3 Å². The molecule has 50 heavy (non-hydrogen) atoms. The minimum absolute atomic E-state index is 0. The number of nitrogens with zero attached hydrogens (tertiary/aromatic N) is 2. The van der Waals surface area contributed by atoms with E-state index in [0.29, 0.717) is 0 Å². The molecule has 0 saturated heterocycles. The zero-order valence-corrected chi connectivity index (χ0v) is 28.6. The molecule has 3 aromatic heterocycles. The fourth-order valence-corrected chi connectivity index (χ4v) is 6.86. The van der Waals surface area contributed by atoms with Crippen LogP contribution in [0.25, 0.3) is 90.9 Å². The summed E-state index contributed by atoms with van der Waals surface area (Å²) in [7, 11) is 0. The van der Waals surface area contributed by atoms with E-state index in [4.69, 9.17) is 9.97 Å². The molecule has 3 N–H and O–H groups in total. The van der Waals surface area contributed by atoms with Gasteiger partial charge in [-0.1, -0.05) is 103 Å². The van der Waals surface area contributed by atoms with Crippen molar-refractivity contribution in [1.82, 2.24) is 19.9 Å². The van der Waals surface area contributed by atoms with Gasteiger partial charge >= 0.3 is 0 Å². The van der Waals surface area contributed by atoms with Crippen LogP contribution < -0.4 is 0 Å². The van der Waals surface area contributed by atoms with Crippen LogP contribution in [0.1, 0.15) is 22.8 Å². The lowest BCUT2D eigenvalue weighted by atomic mass is 10.0. The molecule has 0 spiro atoms. The highest BCUT2D eigenvalue weighted by atomic mass is 24.3. The van der Waals surface area contributed by atoms with E-state index in [2.05, 4.69) is 131 Å². The number of hydrogen-bond acceptors (Lipinski definition) is 3. The molecule has 8 bridgehead atoms. The molecule has 0 amide bonds. The zero-order valence-electron chi connectivity index (χ0n) is 27.1. The Kier molecular flexibility index (Phi) is 8.24. The highest BCUT2D eigenvalue weighted by Crippen LogP contribution is 2.38. The fourth-order valence-electron chi connectivity index (χ4n) is 6.86. The van der Waals surface area contributed by atoms with Crippen molar-refractivity contribution >= 4 is 69.4 Å². The van der Waals surface area contributed by atoms with Gasteiger partial charge in [0.05, 0.1) is 22.8 Å². The number of rotatable bonds is 4. The van der Waals surface area contributed by atoms with Gasteiger partial charge in [-0.15, -0.1) is 0 Å². The third-order valence-corrected chi connectivity index (χ3v) is 9.10. The minimum atomic E-state index is 0. The molecule has 234 valence electrons. The van der Waals surface area contributed by atoms with Gasteiger partial charge in [0, 0.05) is 67.4 Å². The van der Waals surface area contributed by atoms with Crippen LogP contribution >= 0.6 is 0 Å². The van der Waals surface area contributed by atoms with Crippen molar-refractivity contribution in [3.63, 3.8) is 0 Å². The average Bonchev–Trinajstić information content (AvgIpc) is 3.98. The second kappa shape index (κ2) is 13.2. The van der Waals surface area contributed by atoms with Gasteiger partial charge in [0.2, 0.25) is 0 Å². The molecule has 2 radical (unpaired) electrons. The van der Waals surface area contributed by atoms with Gasteiger partial charge in [0.1, 0.15) is 5.75 Å². The van der Waals surface area contributed by atoms with E-state index < -0.39 is 0 Å². The van der Waals surface area contributed by atoms with E-state index in [0.717, 1.165) is 89.4 Å². The van der Waals surface area contributed by atoms with Crippen LogP contribution in [-0.4, -0.2) is 48.1 Å². The number of aromatic hydroxyl groups is 1. The van der Waals surface area contributed by atoms with Gasteiger partial charge < -0.3 is 15.1 Å². The van der Waals surface area contributed by atoms with Crippen LogP contribution in [0.15, 0.2) is 140 Å². The summed E-state index contributed by atoms with van der Waals surface area (Å²) in [6, 6.07) is 47.0. The van der Waals surface area contributed by atoms with Gasteiger partial charge in [-0.3, -0.25) is 0 Å². The van der Waals surface area contributed by atoms with Crippen LogP contribution in [0.4, 0.5) is 0 Å². The van der Waals surface area contributed by atoms with Crippen LogP contribution in [0.3, 0.4) is 0 Å². The zero-order chi connectivity index (χ0) is 32.7. The van der Waals surface area contributed by atoms with Crippen LogP contribution in [0, 0.1) is 0 Å². The predicted molar refractivity (Wildman–Crippen MR) is 208 cm³/mol. The van der Waals surface area contributed by atoms with Crippen molar-refractivity contribution < 1.29 is 5.11 Å². The number of hydrogen-bond donors (Lipinski definition) is 3. The molecule has 5 nitrogen and oxygen atoms in total. The lowest BCUT2D eigenvalue weighted by Gasteiger charge is -2.07. The molecule has 2 aliphatic rings. The van der Waals surface area contributed by atoms with Crippen molar-refractivity contribution in [2.45, 2.75) is 0 Å². The molecule has 6 heteroatoms. The number of phenolic OH excluding ortho intramolecular Hbond substituents is 1. The first-order valence-corrected chi connectivity index (χ1v) is 16.3. The lowest BCUT2D eigenvalue weighted by molar-refractivity contribution is 0.475. The lowest BCUT2D eigenvalue weighted by Crippen LogP contribution is -1.89. The molecule has 5 heterocycles. The van der Waals surface area contributed by atoms with E-state index in [1.807, 2.05) is 30.3 Å². The number of H-pyrrole nitrogens is 2. The summed E-state index contributed by atoms with van der Waals surface area (Å²) < 4.78 is 0. The Balaban J connectivity index is 0.00000361. The van der Waals surface area contributed by atoms with Crippen molar-refractivity contribution in [3.05, 3.63) is 162 Å². The van der Waals surface area contributed by atoms with Gasteiger partial charge in [-0.2, -0.15) is 0 Å². The van der Waals surface area contributed by atoms with Crippen LogP contribution in [0.5, 0.6) is 5.75 Å². The molecular formula is C44H30MgN4O. The summed E-state index contributed by atoms with van der Waals surface area (Å²) >= 11 is 0. The number of fused-ring (bicyclic) bond motifs is 8. The second-order valence-corrected chi connectivity index (χ2v) is 12.1. The number of benzene rings is 4. The van der Waals surface area contributed by atoms with Gasteiger partial charge in [0.15, 0.2) is 0 Å². The molecular weight excluding hydrogens is 625 g/mol. The summed E-state index contributed by atoms with van der Waals surface area (Å²) in [4.78, 5) is 18.2. The Bertz CT molecular complexity index is 2550. The number of aromatic amines is 2. The van der Waals surface area contributed by atoms with E-state index in [-0.39, 0.29) is 28.8 Å². The Morgan fingerprint density at radius 1 is 0.340 bits per heavy atom. The monoisotopic (exact) mass is 654 g/mol. The summed E-state index contributed by atoms with van der Waals surface area (Å²) in [5.41, 5.74) is 15.3. The predicted octanol–water partition coefficient (Wildman–Crippen LogP) is 10.6. The van der Waals surface area contributed by atoms with E-state index in [9.17, 15) is 5.11 Å². The molecule has 9 rings (SSSR count). The fraction of sp³-hybridized carbons (Fsp3) is 0. The molecule has 0 unspecified atom stereocenters. The first-order chi connectivity index (χ1) is 24.2. The van der Waals surface area contributed by atoms with E-state index in [1.165, 1.54) is 0 Å². The Hall–Kier alpha value is -5.95. The normalized spacial score (nSPS) is 11.8. The highest BCUT2D eigenvalue weighted by molar-refractivity contribution is 5.99. The third kappa shape index (κ3) is 5.64. The maximum Gasteiger partial charge on any atom is 0.115 e. The first-order valence-electron chi connectivity index (χ1n) is 16.3. The SMILES string of the molecule is Oc1ccc(-c2c3nc(c(-c4ccccc4)c4ccc([nH]4)c(-c4ccccc4)c4nc(c(-c5ccccc5)c5ccc2[nH]5)C=C4)C=C3)cc1.[Mg]. The quantitative estimate of drug-likeness (QED) is 0.165. The smallest absolute Gasteiger partial charge is 0.115 e. The summed E-state index contributed by atoms with van der Waals surface area (Å²) in [6.07, 6.45) is 8.40. The van der Waals surface area contributed by atoms with Crippen molar-refractivity contribution in [2.24, 2.45) is 0 Å². The van der Waals surface area contributed by atoms with Crippen LogP contribution in [-0.2, 0) is 0 Å². The standard InChI is InChI=1S/C44H30N4O.Mg/c49-32-18-16-31(17-19-32)44-39-26-24-37(47-39)42(29-12-6-2-7-13-29)35-22-20-33(45-35)41(28-10-4-1-5-11-28)34-21-23-36(46-34)43(30-14-8-3-9-15-30)38-25-27-40(44)48-38;/h1-27,45,48-49H;. The maximum atomic E-state index is 10.2. The van der Waals surface area contributed by atoms with Crippen molar-refractivity contribution in [1.29, 1.82) is 0 Å². The minimum Gasteiger partial charge on any atom is -0.508 e. The molecule has 0 aliphatic carbocycles. The molecule has 2 aliphatic heterocycles. The Morgan fingerprint density at radius 3 is 0.920 bits per heavy atom.